The molecule has 1 rings (SSSR count). The van der Waals surface area contributed by atoms with Crippen LogP contribution in [0.1, 0.15) is 13.3 Å². The molecule has 0 spiro atoms. The second-order valence-corrected chi connectivity index (χ2v) is 2.01. The molecule has 1 heterocycles. The normalized spacial score (nSPS) is 25.9. The summed E-state index contributed by atoms with van der Waals surface area (Å²) in [4.78, 5) is 10.5. The van der Waals surface area contributed by atoms with Crippen LogP contribution in [-0.4, -0.2) is 11.9 Å². The minimum Gasteiger partial charge on any atom is -0.287 e. The Morgan fingerprint density at radius 2 is 2.56 bits per heavy atom. The van der Waals surface area contributed by atoms with Crippen LogP contribution in [-0.2, 0) is 4.79 Å². The van der Waals surface area contributed by atoms with Crippen molar-refractivity contribution in [3.05, 3.63) is 12.2 Å². The first kappa shape index (κ1) is 6.29. The smallest absolute Gasteiger partial charge is 0.257 e. The van der Waals surface area contributed by atoms with Gasteiger partial charge >= 0.3 is 0 Å². The lowest BCUT2D eigenvalue weighted by atomic mass is 10.2. The zero-order valence-corrected chi connectivity index (χ0v) is 5.35. The van der Waals surface area contributed by atoms with Crippen LogP contribution in [0.4, 0.5) is 0 Å². The predicted octanol–water partition coefficient (Wildman–Crippen LogP) is -0.0444. The standard InChI is InChI=1S/C6H10N2O/c1-2-5-3-4-6(9)8-7-5/h3-5,7H,2H2,1H3,(H,8,9). The number of nitrogens with one attached hydrogen (secondary N) is 2. The van der Waals surface area contributed by atoms with Gasteiger partial charge in [0.05, 0.1) is 0 Å². The summed E-state index contributed by atoms with van der Waals surface area (Å²) in [7, 11) is 0. The highest BCUT2D eigenvalue weighted by atomic mass is 16.2. The molecule has 1 amide bonds. The predicted molar refractivity (Wildman–Crippen MR) is 34.5 cm³/mol. The topological polar surface area (TPSA) is 41.1 Å². The molecule has 2 N–H and O–H groups in total. The van der Waals surface area contributed by atoms with Crippen LogP contribution in [0, 0.1) is 0 Å². The van der Waals surface area contributed by atoms with Crippen LogP contribution in [0.15, 0.2) is 12.2 Å². The van der Waals surface area contributed by atoms with E-state index in [-0.39, 0.29) is 5.91 Å². The van der Waals surface area contributed by atoms with Gasteiger partial charge in [0, 0.05) is 12.1 Å². The van der Waals surface area contributed by atoms with E-state index in [0.29, 0.717) is 6.04 Å². The second kappa shape index (κ2) is 2.64. The monoisotopic (exact) mass is 126 g/mol. The summed E-state index contributed by atoms with van der Waals surface area (Å²) in [6, 6.07) is 0.308. The molecule has 1 aliphatic rings. The van der Waals surface area contributed by atoms with Crippen LogP contribution in [0.2, 0.25) is 0 Å². The van der Waals surface area contributed by atoms with E-state index in [1.54, 1.807) is 6.08 Å². The Morgan fingerprint density at radius 1 is 1.78 bits per heavy atom. The molecule has 0 aromatic heterocycles. The van der Waals surface area contributed by atoms with Crippen LogP contribution in [0.5, 0.6) is 0 Å². The van der Waals surface area contributed by atoms with E-state index < -0.39 is 0 Å². The van der Waals surface area contributed by atoms with Gasteiger partial charge in [-0.3, -0.25) is 10.2 Å². The Morgan fingerprint density at radius 3 is 3.00 bits per heavy atom. The molecule has 0 radical (unpaired) electrons. The number of hydrogen-bond acceptors (Lipinski definition) is 2. The number of hydrogen-bond donors (Lipinski definition) is 2. The maximum atomic E-state index is 10.5. The molecule has 0 aliphatic carbocycles. The van der Waals surface area contributed by atoms with E-state index in [4.69, 9.17) is 0 Å². The SMILES string of the molecule is CCC1C=CC(=O)NN1. The summed E-state index contributed by atoms with van der Waals surface area (Å²) >= 11 is 0. The van der Waals surface area contributed by atoms with Crippen molar-refractivity contribution in [3.63, 3.8) is 0 Å². The Kier molecular flexibility index (Phi) is 1.85. The van der Waals surface area contributed by atoms with Crippen molar-refractivity contribution in [2.75, 3.05) is 0 Å². The van der Waals surface area contributed by atoms with Gasteiger partial charge in [-0.2, -0.15) is 0 Å². The number of carbonyl (C=O) groups is 1. The third kappa shape index (κ3) is 1.54. The lowest BCUT2D eigenvalue weighted by molar-refractivity contribution is -0.118. The molecule has 9 heavy (non-hydrogen) atoms. The van der Waals surface area contributed by atoms with E-state index >= 15 is 0 Å². The molecule has 1 unspecified atom stereocenters. The van der Waals surface area contributed by atoms with Crippen molar-refractivity contribution >= 4 is 5.91 Å². The highest BCUT2D eigenvalue weighted by molar-refractivity contribution is 5.87. The maximum absolute atomic E-state index is 10.5. The summed E-state index contributed by atoms with van der Waals surface area (Å²) in [6.07, 6.45) is 4.40. The first-order chi connectivity index (χ1) is 4.33. The van der Waals surface area contributed by atoms with Crippen LogP contribution in [0.3, 0.4) is 0 Å². The molecular formula is C6H10N2O. The number of carbonyl (C=O) groups excluding carboxylic acids is 1. The van der Waals surface area contributed by atoms with Gasteiger partial charge < -0.3 is 0 Å². The largest absolute Gasteiger partial charge is 0.287 e. The van der Waals surface area contributed by atoms with Gasteiger partial charge in [-0.1, -0.05) is 13.0 Å². The van der Waals surface area contributed by atoms with Crippen molar-refractivity contribution in [3.8, 4) is 0 Å². The number of hydrazine groups is 1. The van der Waals surface area contributed by atoms with Gasteiger partial charge in [-0.05, 0) is 6.42 Å². The molecule has 0 bridgehead atoms. The average molecular weight is 126 g/mol. The summed E-state index contributed by atoms with van der Waals surface area (Å²) in [5.41, 5.74) is 5.34. The minimum atomic E-state index is -0.0697. The summed E-state index contributed by atoms with van der Waals surface area (Å²) in [5.74, 6) is -0.0697. The highest BCUT2D eigenvalue weighted by Gasteiger charge is 2.06. The molecule has 1 aliphatic heterocycles. The van der Waals surface area contributed by atoms with Crippen molar-refractivity contribution in [1.82, 2.24) is 10.9 Å². The van der Waals surface area contributed by atoms with E-state index in [1.165, 1.54) is 0 Å². The van der Waals surface area contributed by atoms with Crippen molar-refractivity contribution < 1.29 is 4.79 Å². The minimum absolute atomic E-state index is 0.0697. The van der Waals surface area contributed by atoms with E-state index in [1.807, 2.05) is 6.08 Å². The molecule has 3 nitrogen and oxygen atoms in total. The Hall–Kier alpha value is -0.830. The molecule has 0 saturated heterocycles. The van der Waals surface area contributed by atoms with E-state index in [0.717, 1.165) is 6.42 Å². The molecule has 50 valence electrons. The van der Waals surface area contributed by atoms with E-state index in [9.17, 15) is 4.79 Å². The van der Waals surface area contributed by atoms with Crippen LogP contribution in [0.25, 0.3) is 0 Å². The van der Waals surface area contributed by atoms with Crippen LogP contribution < -0.4 is 10.9 Å². The number of rotatable bonds is 1. The summed E-state index contributed by atoms with van der Waals surface area (Å²) in [6.45, 7) is 2.06. The quantitative estimate of drug-likeness (QED) is 0.517. The summed E-state index contributed by atoms with van der Waals surface area (Å²) < 4.78 is 0. The zero-order valence-electron chi connectivity index (χ0n) is 5.35. The van der Waals surface area contributed by atoms with Gasteiger partial charge in [-0.25, -0.2) is 5.43 Å². The molecular weight excluding hydrogens is 116 g/mol. The maximum Gasteiger partial charge on any atom is 0.257 e. The molecule has 0 aromatic carbocycles. The average Bonchev–Trinajstić information content (AvgIpc) is 1.90. The van der Waals surface area contributed by atoms with Gasteiger partial charge in [0.15, 0.2) is 0 Å². The highest BCUT2D eigenvalue weighted by Crippen LogP contribution is 1.94. The molecule has 0 fully saturated rings. The van der Waals surface area contributed by atoms with Gasteiger partial charge in [0.1, 0.15) is 0 Å². The van der Waals surface area contributed by atoms with Crippen molar-refractivity contribution in [2.45, 2.75) is 19.4 Å². The Labute approximate surface area is 54.1 Å². The third-order valence-electron chi connectivity index (χ3n) is 1.30. The Balaban J connectivity index is 2.48. The lowest BCUT2D eigenvalue weighted by Gasteiger charge is -2.16. The third-order valence-corrected chi connectivity index (χ3v) is 1.30. The Bertz CT molecular complexity index is 142. The first-order valence-electron chi connectivity index (χ1n) is 3.06. The van der Waals surface area contributed by atoms with Gasteiger partial charge in [-0.15, -0.1) is 0 Å². The first-order valence-corrected chi connectivity index (χ1v) is 3.06. The summed E-state index contributed by atoms with van der Waals surface area (Å²) in [5, 5.41) is 0. The molecule has 3 heteroatoms. The fraction of sp³-hybridized carbons (Fsp3) is 0.500. The van der Waals surface area contributed by atoms with Gasteiger partial charge in [0.2, 0.25) is 0 Å². The molecule has 0 saturated carbocycles. The van der Waals surface area contributed by atoms with Gasteiger partial charge in [0.25, 0.3) is 5.91 Å². The van der Waals surface area contributed by atoms with Crippen molar-refractivity contribution in [2.24, 2.45) is 0 Å². The second-order valence-electron chi connectivity index (χ2n) is 2.01. The fourth-order valence-corrected chi connectivity index (χ4v) is 0.695. The van der Waals surface area contributed by atoms with E-state index in [2.05, 4.69) is 17.8 Å². The van der Waals surface area contributed by atoms with Crippen molar-refractivity contribution in [1.29, 1.82) is 0 Å². The number of amides is 1. The lowest BCUT2D eigenvalue weighted by Crippen LogP contribution is -2.45. The molecule has 0 aromatic rings. The molecule has 1 atom stereocenters. The fourth-order valence-electron chi connectivity index (χ4n) is 0.695. The van der Waals surface area contributed by atoms with Crippen LogP contribution >= 0.6 is 0 Å². The zero-order chi connectivity index (χ0) is 6.69.